The molecule has 1 aromatic rings. The highest BCUT2D eigenvalue weighted by Crippen LogP contribution is 2.33. The van der Waals surface area contributed by atoms with Crippen LogP contribution in [0.1, 0.15) is 57.8 Å². The van der Waals surface area contributed by atoms with Crippen LogP contribution in [-0.4, -0.2) is 40.8 Å². The topological polar surface area (TPSA) is 104 Å². The highest BCUT2D eigenvalue weighted by atomic mass is 35.5. The van der Waals surface area contributed by atoms with Crippen LogP contribution in [0.2, 0.25) is 5.02 Å². The molecule has 2 unspecified atom stereocenters. The van der Waals surface area contributed by atoms with Crippen LogP contribution in [0.5, 0.6) is 0 Å². The number of nitrogens with one attached hydrogen (secondary N) is 4. The Bertz CT molecular complexity index is 782. The van der Waals surface area contributed by atoms with Gasteiger partial charge >= 0.3 is 6.09 Å². The van der Waals surface area contributed by atoms with Gasteiger partial charge in [0.25, 0.3) is 0 Å². The third-order valence-electron chi connectivity index (χ3n) is 5.43. The Morgan fingerprint density at radius 2 is 2.00 bits per heavy atom. The molecule has 3 rings (SSSR count). The van der Waals surface area contributed by atoms with Crippen LogP contribution in [0, 0.1) is 12.8 Å². The van der Waals surface area contributed by atoms with Gasteiger partial charge in [-0.15, -0.1) is 0 Å². The maximum atomic E-state index is 12.4. The first-order valence-corrected chi connectivity index (χ1v) is 10.9. The van der Waals surface area contributed by atoms with E-state index in [9.17, 15) is 9.59 Å². The molecule has 0 bridgehead atoms. The molecule has 4 N–H and O–H groups in total. The maximum absolute atomic E-state index is 12.4. The first-order chi connectivity index (χ1) is 14.1. The Labute approximate surface area is 182 Å². The van der Waals surface area contributed by atoms with E-state index in [0.29, 0.717) is 16.6 Å². The maximum Gasteiger partial charge on any atom is 0.407 e. The Morgan fingerprint density at radius 1 is 1.23 bits per heavy atom. The monoisotopic (exact) mass is 437 g/mol. The number of rotatable bonds is 5. The lowest BCUT2D eigenvalue weighted by Crippen LogP contribution is -2.45. The summed E-state index contributed by atoms with van der Waals surface area (Å²) < 4.78 is 5.57. The highest BCUT2D eigenvalue weighted by Gasteiger charge is 2.37. The van der Waals surface area contributed by atoms with Crippen LogP contribution in [-0.2, 0) is 16.0 Å². The van der Waals surface area contributed by atoms with E-state index in [0.717, 1.165) is 31.4 Å². The molecule has 1 saturated heterocycles. The second kappa shape index (κ2) is 9.49. The number of nitrogens with zero attached hydrogens (tertiary/aromatic N) is 1. The molecular formula is C21H32ClN5O3. The zero-order valence-electron chi connectivity index (χ0n) is 18.0. The molecule has 166 valence electrons. The van der Waals surface area contributed by atoms with Gasteiger partial charge in [-0.05, 0) is 71.4 Å². The Hall–Kier alpha value is -1.90. The molecule has 1 aromatic heterocycles. The minimum absolute atomic E-state index is 0.0630. The molecule has 1 saturated carbocycles. The standard InChI is InChI=1S/C21H32ClN5O3/c1-12-16(22)8-6-14(23-12)10-19(28)24-18-11-17(26-27-18)13-5-7-15(9-13)30-20(29)25-21(2,3)4/h6,8,13,15,17-18,26-27H,5,7,9-11H2,1-4H3,(H,24,28)(H,25,29)/t13-,15+,17?,18?/m0/s1. The molecule has 8 nitrogen and oxygen atoms in total. The van der Waals surface area contributed by atoms with Gasteiger partial charge in [-0.1, -0.05) is 11.6 Å². The van der Waals surface area contributed by atoms with E-state index in [-0.39, 0.29) is 42.3 Å². The summed E-state index contributed by atoms with van der Waals surface area (Å²) in [5, 5.41) is 6.44. The van der Waals surface area contributed by atoms with E-state index in [1.165, 1.54) is 0 Å². The minimum Gasteiger partial charge on any atom is -0.446 e. The van der Waals surface area contributed by atoms with E-state index >= 15 is 0 Å². The molecule has 1 aliphatic heterocycles. The number of pyridine rings is 1. The molecule has 2 aliphatic rings. The van der Waals surface area contributed by atoms with Crippen molar-refractivity contribution < 1.29 is 14.3 Å². The smallest absolute Gasteiger partial charge is 0.407 e. The van der Waals surface area contributed by atoms with E-state index in [1.54, 1.807) is 12.1 Å². The number of aryl methyl sites for hydroxylation is 1. The second-order valence-corrected chi connectivity index (χ2v) is 9.68. The fourth-order valence-electron chi connectivity index (χ4n) is 4.02. The first kappa shape index (κ1) is 22.8. The molecule has 2 heterocycles. The number of hydrogen-bond donors (Lipinski definition) is 4. The second-order valence-electron chi connectivity index (χ2n) is 9.27. The van der Waals surface area contributed by atoms with Gasteiger partial charge in [0.2, 0.25) is 5.91 Å². The number of carbonyl (C=O) groups excluding carboxylic acids is 2. The van der Waals surface area contributed by atoms with Crippen molar-refractivity contribution in [2.75, 3.05) is 0 Å². The summed E-state index contributed by atoms with van der Waals surface area (Å²) in [4.78, 5) is 28.7. The van der Waals surface area contributed by atoms with Gasteiger partial charge in [0.05, 0.1) is 29.0 Å². The van der Waals surface area contributed by atoms with Crippen molar-refractivity contribution in [2.24, 2.45) is 5.92 Å². The van der Waals surface area contributed by atoms with Gasteiger partial charge in [-0.25, -0.2) is 10.2 Å². The summed E-state index contributed by atoms with van der Waals surface area (Å²) in [7, 11) is 0. The van der Waals surface area contributed by atoms with Gasteiger partial charge in [0.15, 0.2) is 0 Å². The lowest BCUT2D eigenvalue weighted by Gasteiger charge is -2.22. The summed E-state index contributed by atoms with van der Waals surface area (Å²) >= 11 is 5.99. The van der Waals surface area contributed by atoms with Crippen molar-refractivity contribution in [3.05, 3.63) is 28.5 Å². The number of alkyl carbamates (subject to hydrolysis) is 1. The molecule has 0 radical (unpaired) electrons. The van der Waals surface area contributed by atoms with Crippen LogP contribution in [0.15, 0.2) is 12.1 Å². The number of carbonyl (C=O) groups is 2. The lowest BCUT2D eigenvalue weighted by atomic mass is 9.96. The SMILES string of the molecule is Cc1nc(CC(=O)NC2CC([C@H]3CC[C@@H](OC(=O)NC(C)(C)C)C3)NN2)ccc1Cl. The quantitative estimate of drug-likeness (QED) is 0.564. The molecule has 9 heteroatoms. The summed E-state index contributed by atoms with van der Waals surface area (Å²) in [5.74, 6) is 0.308. The molecular weight excluding hydrogens is 406 g/mol. The Morgan fingerprint density at radius 3 is 2.70 bits per heavy atom. The van der Waals surface area contributed by atoms with Crippen LogP contribution in [0.3, 0.4) is 0 Å². The number of amides is 2. The van der Waals surface area contributed by atoms with Crippen LogP contribution in [0.25, 0.3) is 0 Å². The number of halogens is 1. The predicted molar refractivity (Wildman–Crippen MR) is 115 cm³/mol. The predicted octanol–water partition coefficient (Wildman–Crippen LogP) is 2.59. The number of hydrogen-bond acceptors (Lipinski definition) is 6. The number of hydrazine groups is 1. The fourth-order valence-corrected chi connectivity index (χ4v) is 4.13. The molecule has 2 fully saturated rings. The van der Waals surface area contributed by atoms with Crippen molar-refractivity contribution in [3.8, 4) is 0 Å². The normalized spacial score (nSPS) is 26.4. The molecule has 4 atom stereocenters. The van der Waals surface area contributed by atoms with Crippen molar-refractivity contribution in [2.45, 2.75) is 83.6 Å². The average molecular weight is 438 g/mol. The van der Waals surface area contributed by atoms with Crippen molar-refractivity contribution in [1.82, 2.24) is 26.5 Å². The summed E-state index contributed by atoms with van der Waals surface area (Å²) in [6.45, 7) is 7.61. The van der Waals surface area contributed by atoms with Crippen molar-refractivity contribution in [1.29, 1.82) is 0 Å². The Kier molecular flexibility index (Phi) is 7.21. The third kappa shape index (κ3) is 6.55. The summed E-state index contributed by atoms with van der Waals surface area (Å²) in [5.41, 5.74) is 7.56. The van der Waals surface area contributed by atoms with Crippen molar-refractivity contribution in [3.63, 3.8) is 0 Å². The third-order valence-corrected chi connectivity index (χ3v) is 5.83. The largest absolute Gasteiger partial charge is 0.446 e. The van der Waals surface area contributed by atoms with Gasteiger partial charge in [0.1, 0.15) is 6.10 Å². The average Bonchev–Trinajstić information content (AvgIpc) is 3.25. The first-order valence-electron chi connectivity index (χ1n) is 10.5. The molecule has 30 heavy (non-hydrogen) atoms. The van der Waals surface area contributed by atoms with Gasteiger partial charge in [0, 0.05) is 11.6 Å². The van der Waals surface area contributed by atoms with E-state index < -0.39 is 0 Å². The zero-order valence-corrected chi connectivity index (χ0v) is 18.8. The van der Waals surface area contributed by atoms with Crippen LogP contribution < -0.4 is 21.5 Å². The van der Waals surface area contributed by atoms with E-state index in [2.05, 4.69) is 26.5 Å². The molecule has 0 aromatic carbocycles. The van der Waals surface area contributed by atoms with Gasteiger partial charge in [-0.2, -0.15) is 0 Å². The van der Waals surface area contributed by atoms with E-state index in [1.807, 2.05) is 27.7 Å². The molecule has 1 aliphatic carbocycles. The van der Waals surface area contributed by atoms with Crippen molar-refractivity contribution >= 4 is 23.6 Å². The molecule has 2 amide bonds. The fraction of sp³-hybridized carbons (Fsp3) is 0.667. The van der Waals surface area contributed by atoms with Gasteiger partial charge < -0.3 is 15.4 Å². The zero-order chi connectivity index (χ0) is 21.9. The highest BCUT2D eigenvalue weighted by molar-refractivity contribution is 6.31. The number of ether oxygens (including phenoxy) is 1. The number of aromatic nitrogens is 1. The lowest BCUT2D eigenvalue weighted by molar-refractivity contribution is -0.121. The molecule has 0 spiro atoms. The summed E-state index contributed by atoms with van der Waals surface area (Å²) in [6.07, 6.45) is 3.10. The Balaban J connectivity index is 1.41. The van der Waals surface area contributed by atoms with E-state index in [4.69, 9.17) is 16.3 Å². The van der Waals surface area contributed by atoms with Crippen LogP contribution >= 0.6 is 11.6 Å². The minimum atomic E-state index is -0.359. The summed E-state index contributed by atoms with van der Waals surface area (Å²) in [6, 6.07) is 3.76. The van der Waals surface area contributed by atoms with Gasteiger partial charge in [-0.3, -0.25) is 15.2 Å². The van der Waals surface area contributed by atoms with Crippen LogP contribution in [0.4, 0.5) is 4.79 Å².